The van der Waals surface area contributed by atoms with E-state index in [2.05, 4.69) is 15.9 Å². The van der Waals surface area contributed by atoms with Gasteiger partial charge >= 0.3 is 0 Å². The number of hydrogen-bond donors (Lipinski definition) is 1. The molecule has 0 radical (unpaired) electrons. The van der Waals surface area contributed by atoms with Crippen LogP contribution in [-0.4, -0.2) is 0 Å². The lowest BCUT2D eigenvalue weighted by Gasteiger charge is -2.11. The summed E-state index contributed by atoms with van der Waals surface area (Å²) >= 11 is 2.62. The van der Waals surface area contributed by atoms with E-state index in [4.69, 9.17) is 5.73 Å². The summed E-state index contributed by atoms with van der Waals surface area (Å²) in [5.41, 5.74) is 4.73. The molecule has 1 nitrogen and oxygen atoms in total. The van der Waals surface area contributed by atoms with Gasteiger partial charge in [-0.05, 0) is 34.8 Å². The van der Waals surface area contributed by atoms with E-state index in [0.717, 1.165) is 6.07 Å². The molecular formula is C9H7BrF3N. The molecule has 0 saturated heterocycles. The van der Waals surface area contributed by atoms with Crippen molar-refractivity contribution in [1.82, 2.24) is 0 Å². The van der Waals surface area contributed by atoms with E-state index in [-0.39, 0.29) is 5.56 Å². The number of hydrogen-bond acceptors (Lipinski definition) is 1. The van der Waals surface area contributed by atoms with E-state index < -0.39 is 27.5 Å². The summed E-state index contributed by atoms with van der Waals surface area (Å²) in [6.07, 6.45) is 1.12. The van der Waals surface area contributed by atoms with Crippen molar-refractivity contribution < 1.29 is 13.2 Å². The second-order valence-corrected chi connectivity index (χ2v) is 4.30. The second kappa shape index (κ2) is 2.97. The molecule has 0 atom stereocenters. The molecular weight excluding hydrogens is 259 g/mol. The highest BCUT2D eigenvalue weighted by Gasteiger charge is 2.43. The fourth-order valence-corrected chi connectivity index (χ4v) is 1.63. The van der Waals surface area contributed by atoms with Gasteiger partial charge in [-0.25, -0.2) is 13.2 Å². The van der Waals surface area contributed by atoms with Crippen molar-refractivity contribution in [1.29, 1.82) is 0 Å². The van der Waals surface area contributed by atoms with Gasteiger partial charge < -0.3 is 5.73 Å². The zero-order chi connectivity index (χ0) is 10.5. The minimum Gasteiger partial charge on any atom is -0.321 e. The summed E-state index contributed by atoms with van der Waals surface area (Å²) in [4.78, 5) is 0. The first-order valence-electron chi connectivity index (χ1n) is 4.08. The molecule has 0 spiro atoms. The summed E-state index contributed by atoms with van der Waals surface area (Å²) < 4.78 is 39.0. The average molecular weight is 266 g/mol. The molecule has 1 aliphatic carbocycles. The number of halogens is 4. The van der Waals surface area contributed by atoms with Gasteiger partial charge in [0.25, 0.3) is 0 Å². The Kier molecular flexibility index (Phi) is 2.12. The van der Waals surface area contributed by atoms with Crippen molar-refractivity contribution in [2.45, 2.75) is 18.4 Å². The van der Waals surface area contributed by atoms with Gasteiger partial charge in [0.05, 0.1) is 4.47 Å². The van der Waals surface area contributed by atoms with Crippen LogP contribution in [0.2, 0.25) is 0 Å². The Balaban J connectivity index is 2.62. The molecule has 1 aromatic rings. The maximum Gasteiger partial charge on any atom is 0.176 e. The van der Waals surface area contributed by atoms with Crippen LogP contribution in [0, 0.1) is 17.5 Å². The molecule has 0 unspecified atom stereocenters. The summed E-state index contributed by atoms with van der Waals surface area (Å²) in [7, 11) is 0. The third kappa shape index (κ3) is 1.35. The Hall–Kier alpha value is -0.550. The second-order valence-electron chi connectivity index (χ2n) is 3.50. The molecule has 0 heterocycles. The third-order valence-electron chi connectivity index (χ3n) is 2.43. The molecule has 1 aliphatic rings. The van der Waals surface area contributed by atoms with E-state index in [1.54, 1.807) is 0 Å². The smallest absolute Gasteiger partial charge is 0.176 e. The normalized spacial score (nSPS) is 18.4. The topological polar surface area (TPSA) is 26.0 Å². The highest BCUT2D eigenvalue weighted by Crippen LogP contribution is 2.45. The lowest BCUT2D eigenvalue weighted by atomic mass is 10.0. The minimum atomic E-state index is -1.21. The average Bonchev–Trinajstić information content (AvgIpc) is 2.87. The van der Waals surface area contributed by atoms with Crippen molar-refractivity contribution in [3.8, 4) is 0 Å². The highest BCUT2D eigenvalue weighted by molar-refractivity contribution is 9.10. The molecule has 0 bridgehead atoms. The maximum atomic E-state index is 13.3. The fourth-order valence-electron chi connectivity index (χ4n) is 1.34. The lowest BCUT2D eigenvalue weighted by Crippen LogP contribution is -2.21. The first-order valence-corrected chi connectivity index (χ1v) is 4.87. The summed E-state index contributed by atoms with van der Waals surface area (Å²) in [6.45, 7) is 0. The quantitative estimate of drug-likeness (QED) is 0.613. The molecule has 14 heavy (non-hydrogen) atoms. The monoisotopic (exact) mass is 265 g/mol. The van der Waals surface area contributed by atoms with Gasteiger partial charge in [-0.1, -0.05) is 0 Å². The molecule has 0 aliphatic heterocycles. The van der Waals surface area contributed by atoms with E-state index >= 15 is 0 Å². The number of benzene rings is 1. The van der Waals surface area contributed by atoms with Crippen molar-refractivity contribution in [2.24, 2.45) is 5.73 Å². The van der Waals surface area contributed by atoms with Gasteiger partial charge in [0.2, 0.25) is 0 Å². The molecule has 0 amide bonds. The zero-order valence-corrected chi connectivity index (χ0v) is 8.67. The van der Waals surface area contributed by atoms with Crippen molar-refractivity contribution >= 4 is 15.9 Å². The van der Waals surface area contributed by atoms with Crippen LogP contribution in [0.15, 0.2) is 10.5 Å². The van der Waals surface area contributed by atoms with Gasteiger partial charge in [-0.2, -0.15) is 0 Å². The van der Waals surface area contributed by atoms with Crippen LogP contribution in [0.1, 0.15) is 18.4 Å². The molecule has 0 aromatic heterocycles. The summed E-state index contributed by atoms with van der Waals surface area (Å²) in [5, 5.41) is 0. The summed E-state index contributed by atoms with van der Waals surface area (Å²) in [6, 6.07) is 0.954. The molecule has 5 heteroatoms. The predicted molar refractivity (Wildman–Crippen MR) is 49.1 cm³/mol. The van der Waals surface area contributed by atoms with Crippen LogP contribution >= 0.6 is 15.9 Å². The van der Waals surface area contributed by atoms with E-state index in [9.17, 15) is 13.2 Å². The number of nitrogens with two attached hydrogens (primary N) is 1. The van der Waals surface area contributed by atoms with Crippen molar-refractivity contribution in [3.05, 3.63) is 33.6 Å². The Bertz CT molecular complexity index is 402. The predicted octanol–water partition coefficient (Wildman–Crippen LogP) is 2.81. The molecule has 1 saturated carbocycles. The van der Waals surface area contributed by atoms with Crippen molar-refractivity contribution in [2.75, 3.05) is 0 Å². The van der Waals surface area contributed by atoms with E-state index in [0.29, 0.717) is 12.8 Å². The standard InChI is InChI=1S/C9H7BrF3N/c10-6-5(11)3-4(7(12)8(6)13)9(14)1-2-9/h3H,1-2,14H2. The molecule has 1 fully saturated rings. The van der Waals surface area contributed by atoms with Crippen LogP contribution in [0.3, 0.4) is 0 Å². The first kappa shape index (κ1) is 9.98. The lowest BCUT2D eigenvalue weighted by molar-refractivity contribution is 0.466. The highest BCUT2D eigenvalue weighted by atomic mass is 79.9. The van der Waals surface area contributed by atoms with Crippen LogP contribution in [0.4, 0.5) is 13.2 Å². The Labute approximate surface area is 87.2 Å². The van der Waals surface area contributed by atoms with Crippen LogP contribution < -0.4 is 5.73 Å². The molecule has 2 N–H and O–H groups in total. The van der Waals surface area contributed by atoms with Gasteiger partial charge in [0.15, 0.2) is 11.6 Å². The summed E-state index contributed by atoms with van der Waals surface area (Å²) in [5.74, 6) is -3.09. The Morgan fingerprint density at radius 3 is 2.29 bits per heavy atom. The largest absolute Gasteiger partial charge is 0.321 e. The van der Waals surface area contributed by atoms with Gasteiger partial charge in [0.1, 0.15) is 5.82 Å². The first-order chi connectivity index (χ1) is 6.46. The molecule has 1 aromatic carbocycles. The third-order valence-corrected chi connectivity index (χ3v) is 3.15. The van der Waals surface area contributed by atoms with Gasteiger partial charge in [-0.3, -0.25) is 0 Å². The minimum absolute atomic E-state index is 0.0734. The maximum absolute atomic E-state index is 13.3. The Morgan fingerprint density at radius 1 is 1.21 bits per heavy atom. The van der Waals surface area contributed by atoms with Gasteiger partial charge in [-0.15, -0.1) is 0 Å². The van der Waals surface area contributed by atoms with Crippen LogP contribution in [0.25, 0.3) is 0 Å². The Morgan fingerprint density at radius 2 is 1.79 bits per heavy atom. The van der Waals surface area contributed by atoms with Gasteiger partial charge in [0, 0.05) is 11.1 Å². The van der Waals surface area contributed by atoms with E-state index in [1.165, 1.54) is 0 Å². The zero-order valence-electron chi connectivity index (χ0n) is 7.08. The van der Waals surface area contributed by atoms with Crippen molar-refractivity contribution in [3.63, 3.8) is 0 Å². The van der Waals surface area contributed by atoms with E-state index in [1.807, 2.05) is 0 Å². The SMILES string of the molecule is NC1(c2cc(F)c(Br)c(F)c2F)CC1. The fraction of sp³-hybridized carbons (Fsp3) is 0.333. The molecule has 2 rings (SSSR count). The van der Waals surface area contributed by atoms with Crippen LogP contribution in [-0.2, 0) is 5.54 Å². The molecule has 76 valence electrons. The number of rotatable bonds is 1. The van der Waals surface area contributed by atoms with Crippen LogP contribution in [0.5, 0.6) is 0 Å².